The summed E-state index contributed by atoms with van der Waals surface area (Å²) in [5, 5.41) is 4.47. The lowest BCUT2D eigenvalue weighted by Gasteiger charge is -2.29. The summed E-state index contributed by atoms with van der Waals surface area (Å²) in [5.41, 5.74) is 1.95. The van der Waals surface area contributed by atoms with Gasteiger partial charge in [0.1, 0.15) is 6.61 Å². The molecule has 3 aromatic rings. The van der Waals surface area contributed by atoms with Gasteiger partial charge in [0.2, 0.25) is 5.75 Å². The summed E-state index contributed by atoms with van der Waals surface area (Å²) in [6, 6.07) is 7.55. The van der Waals surface area contributed by atoms with Crippen LogP contribution in [0.25, 0.3) is 5.65 Å². The molecule has 1 aromatic carbocycles. The highest BCUT2D eigenvalue weighted by molar-refractivity contribution is 5.93. The molecular formula is C26H32N4O5. The zero-order valence-corrected chi connectivity index (χ0v) is 20.3. The summed E-state index contributed by atoms with van der Waals surface area (Å²) in [7, 11) is 3.22. The molecule has 1 saturated heterocycles. The van der Waals surface area contributed by atoms with Gasteiger partial charge in [0.25, 0.3) is 5.91 Å². The first-order valence-electron chi connectivity index (χ1n) is 12.3. The summed E-state index contributed by atoms with van der Waals surface area (Å²) in [6.45, 7) is 1.64. The van der Waals surface area contributed by atoms with Crippen molar-refractivity contribution in [1.29, 1.82) is 0 Å². The Kier molecular flexibility index (Phi) is 7.03. The SMILES string of the molecule is COc1cc(CN(C(=O)c2cc3ncccn3n2)C2CCCC2)cc(OC)c1OCC1CCCO1. The van der Waals surface area contributed by atoms with Crippen molar-refractivity contribution in [1.82, 2.24) is 19.5 Å². The maximum atomic E-state index is 13.7. The molecule has 186 valence electrons. The van der Waals surface area contributed by atoms with Crippen LogP contribution in [0, 0.1) is 0 Å². The number of benzene rings is 1. The predicted octanol–water partition coefficient (Wildman–Crippen LogP) is 3.89. The van der Waals surface area contributed by atoms with Gasteiger partial charge in [-0.2, -0.15) is 5.10 Å². The second-order valence-electron chi connectivity index (χ2n) is 9.10. The fourth-order valence-corrected chi connectivity index (χ4v) is 4.98. The Bertz CT molecular complexity index is 1110. The fourth-order valence-electron chi connectivity index (χ4n) is 4.98. The topological polar surface area (TPSA) is 87.4 Å². The Balaban J connectivity index is 1.41. The number of carbonyl (C=O) groups is 1. The number of amides is 1. The van der Waals surface area contributed by atoms with Gasteiger partial charge in [-0.25, -0.2) is 9.50 Å². The molecule has 35 heavy (non-hydrogen) atoms. The molecule has 1 aliphatic carbocycles. The van der Waals surface area contributed by atoms with Crippen molar-refractivity contribution >= 4 is 11.6 Å². The van der Waals surface area contributed by atoms with Gasteiger partial charge in [0, 0.05) is 37.7 Å². The third kappa shape index (κ3) is 5.05. The first-order chi connectivity index (χ1) is 17.2. The number of hydrogen-bond acceptors (Lipinski definition) is 7. The van der Waals surface area contributed by atoms with Crippen molar-refractivity contribution in [2.75, 3.05) is 27.4 Å². The number of fused-ring (bicyclic) bond motifs is 1. The van der Waals surface area contributed by atoms with Gasteiger partial charge in [-0.05, 0) is 49.4 Å². The number of rotatable bonds is 9. The molecule has 3 heterocycles. The monoisotopic (exact) mass is 480 g/mol. The first-order valence-corrected chi connectivity index (χ1v) is 12.3. The smallest absolute Gasteiger partial charge is 0.275 e. The van der Waals surface area contributed by atoms with Gasteiger partial charge in [-0.15, -0.1) is 0 Å². The third-order valence-electron chi connectivity index (χ3n) is 6.79. The quantitative estimate of drug-likeness (QED) is 0.459. The molecule has 2 aliphatic rings. The van der Waals surface area contributed by atoms with E-state index in [9.17, 15) is 4.79 Å². The summed E-state index contributed by atoms with van der Waals surface area (Å²) in [6.07, 6.45) is 9.80. The Morgan fingerprint density at radius 3 is 2.54 bits per heavy atom. The van der Waals surface area contributed by atoms with Crippen molar-refractivity contribution < 1.29 is 23.7 Å². The number of ether oxygens (including phenoxy) is 4. The minimum absolute atomic E-state index is 0.0829. The molecule has 1 atom stereocenters. The van der Waals surface area contributed by atoms with E-state index in [-0.39, 0.29) is 18.1 Å². The van der Waals surface area contributed by atoms with Crippen LogP contribution in [0.15, 0.2) is 36.7 Å². The zero-order chi connectivity index (χ0) is 24.2. The maximum Gasteiger partial charge on any atom is 0.275 e. The molecule has 0 radical (unpaired) electrons. The van der Waals surface area contributed by atoms with Crippen molar-refractivity contribution in [3.05, 3.63) is 47.9 Å². The molecule has 1 aliphatic heterocycles. The van der Waals surface area contributed by atoms with Crippen LogP contribution in [0.5, 0.6) is 17.2 Å². The molecule has 2 fully saturated rings. The minimum atomic E-state index is -0.0981. The Morgan fingerprint density at radius 2 is 1.89 bits per heavy atom. The summed E-state index contributed by atoms with van der Waals surface area (Å²) >= 11 is 0. The van der Waals surface area contributed by atoms with E-state index < -0.39 is 0 Å². The molecule has 1 amide bonds. The molecule has 1 saturated carbocycles. The number of methoxy groups -OCH3 is 2. The van der Waals surface area contributed by atoms with Crippen LogP contribution in [0.1, 0.15) is 54.6 Å². The number of nitrogens with zero attached hydrogens (tertiary/aromatic N) is 4. The van der Waals surface area contributed by atoms with E-state index in [1.807, 2.05) is 17.0 Å². The van der Waals surface area contributed by atoms with Crippen LogP contribution >= 0.6 is 0 Å². The molecular weight excluding hydrogens is 448 g/mol. The highest BCUT2D eigenvalue weighted by Crippen LogP contribution is 2.40. The van der Waals surface area contributed by atoms with E-state index in [1.54, 1.807) is 43.3 Å². The van der Waals surface area contributed by atoms with Gasteiger partial charge in [0.15, 0.2) is 22.8 Å². The minimum Gasteiger partial charge on any atom is -0.493 e. The summed E-state index contributed by atoms with van der Waals surface area (Å²) < 4.78 is 24.7. The lowest BCUT2D eigenvalue weighted by Crippen LogP contribution is -2.38. The molecule has 1 unspecified atom stereocenters. The Labute approximate surface area is 204 Å². The highest BCUT2D eigenvalue weighted by atomic mass is 16.6. The average molecular weight is 481 g/mol. The van der Waals surface area contributed by atoms with E-state index in [1.165, 1.54) is 0 Å². The molecule has 9 heteroatoms. The zero-order valence-electron chi connectivity index (χ0n) is 20.3. The summed E-state index contributed by atoms with van der Waals surface area (Å²) in [5.74, 6) is 1.61. The van der Waals surface area contributed by atoms with Crippen LogP contribution in [0.4, 0.5) is 0 Å². The van der Waals surface area contributed by atoms with Gasteiger partial charge in [0.05, 0.1) is 20.3 Å². The number of carbonyl (C=O) groups excluding carboxylic acids is 1. The van der Waals surface area contributed by atoms with Crippen LogP contribution in [-0.2, 0) is 11.3 Å². The molecule has 0 bridgehead atoms. The molecule has 5 rings (SSSR count). The second-order valence-corrected chi connectivity index (χ2v) is 9.10. The maximum absolute atomic E-state index is 13.7. The molecule has 2 aromatic heterocycles. The van der Waals surface area contributed by atoms with E-state index in [4.69, 9.17) is 18.9 Å². The van der Waals surface area contributed by atoms with Crippen molar-refractivity contribution in [2.24, 2.45) is 0 Å². The van der Waals surface area contributed by atoms with Crippen LogP contribution < -0.4 is 14.2 Å². The summed E-state index contributed by atoms with van der Waals surface area (Å²) in [4.78, 5) is 19.9. The van der Waals surface area contributed by atoms with Gasteiger partial charge in [-0.1, -0.05) is 12.8 Å². The van der Waals surface area contributed by atoms with Crippen molar-refractivity contribution in [2.45, 2.75) is 57.2 Å². The van der Waals surface area contributed by atoms with Crippen LogP contribution in [-0.4, -0.2) is 65.0 Å². The lowest BCUT2D eigenvalue weighted by atomic mass is 10.1. The average Bonchev–Trinajstić information content (AvgIpc) is 3.67. The largest absolute Gasteiger partial charge is 0.493 e. The third-order valence-corrected chi connectivity index (χ3v) is 6.79. The van der Waals surface area contributed by atoms with Gasteiger partial charge < -0.3 is 23.8 Å². The van der Waals surface area contributed by atoms with E-state index in [0.717, 1.165) is 50.7 Å². The van der Waals surface area contributed by atoms with E-state index in [2.05, 4.69) is 10.1 Å². The highest BCUT2D eigenvalue weighted by Gasteiger charge is 2.30. The fraction of sp³-hybridized carbons (Fsp3) is 0.500. The molecule has 0 N–H and O–H groups in total. The molecule has 0 spiro atoms. The van der Waals surface area contributed by atoms with Gasteiger partial charge >= 0.3 is 0 Å². The van der Waals surface area contributed by atoms with E-state index in [0.29, 0.717) is 41.7 Å². The van der Waals surface area contributed by atoms with E-state index >= 15 is 0 Å². The number of hydrogen-bond donors (Lipinski definition) is 0. The lowest BCUT2D eigenvalue weighted by molar-refractivity contribution is 0.0649. The standard InChI is InChI=1S/C26H32N4O5/c1-32-22-13-18(14-23(33-2)25(22)35-17-20-9-5-12-34-20)16-29(19-7-3-4-8-19)26(31)21-15-24-27-10-6-11-30(24)28-21/h6,10-11,13-15,19-20H,3-5,7-9,12,16-17H2,1-2H3. The normalized spacial score (nSPS) is 18.2. The van der Waals surface area contributed by atoms with Crippen molar-refractivity contribution in [3.8, 4) is 17.2 Å². The van der Waals surface area contributed by atoms with Crippen LogP contribution in [0.2, 0.25) is 0 Å². The first kappa shape index (κ1) is 23.4. The Morgan fingerprint density at radius 1 is 1.11 bits per heavy atom. The van der Waals surface area contributed by atoms with Crippen molar-refractivity contribution in [3.63, 3.8) is 0 Å². The Hall–Kier alpha value is -3.33. The van der Waals surface area contributed by atoms with Crippen LogP contribution in [0.3, 0.4) is 0 Å². The van der Waals surface area contributed by atoms with Gasteiger partial charge in [-0.3, -0.25) is 4.79 Å². The second kappa shape index (κ2) is 10.5. The molecule has 9 nitrogen and oxygen atoms in total. The predicted molar refractivity (Wildman–Crippen MR) is 129 cm³/mol. The number of aromatic nitrogens is 3.